The van der Waals surface area contributed by atoms with E-state index in [1.807, 2.05) is 37.3 Å². The van der Waals surface area contributed by atoms with E-state index in [0.29, 0.717) is 12.3 Å². The number of amides is 2. The van der Waals surface area contributed by atoms with Crippen LogP contribution in [0, 0.1) is 16.7 Å². The molecule has 1 aromatic rings. The number of rotatable bonds is 7. The lowest BCUT2D eigenvalue weighted by atomic mass is 9.67. The molecule has 0 aromatic heterocycles. The summed E-state index contributed by atoms with van der Waals surface area (Å²) in [5.41, 5.74) is 0.115. The van der Waals surface area contributed by atoms with Crippen LogP contribution < -0.4 is 5.01 Å². The summed E-state index contributed by atoms with van der Waals surface area (Å²) in [7, 11) is 1.37. The van der Waals surface area contributed by atoms with E-state index in [4.69, 9.17) is 4.74 Å². The average molecular weight is 445 g/mol. The number of para-hydroxylation sites is 1. The van der Waals surface area contributed by atoms with E-state index >= 15 is 0 Å². The molecule has 1 heterocycles. The Labute approximate surface area is 188 Å². The number of hydrogen-bond acceptors (Lipinski definition) is 5. The predicted octanol–water partition coefficient (Wildman–Crippen LogP) is 4.05. The summed E-state index contributed by atoms with van der Waals surface area (Å²) in [5.74, 6) is 0.438. The third-order valence-corrected chi connectivity index (χ3v) is 9.37. The SMILES string of the molecule is CC[C@H](CC(=O)N1[C@@H]2C[C@H]3CC[C@]2(C(=O)N1c1ccccc1)C3(C)C)SCC(=O)OC. The first-order chi connectivity index (χ1) is 14.8. The molecule has 2 bridgehead atoms. The standard InChI is InChI=1S/C24H32N2O4S/c1-5-18(31-15-21(28)30-4)14-20(27)26-19-13-16-11-12-24(19,23(16,2)3)22(29)25(26)17-9-7-6-8-10-17/h6-10,16,18-19H,5,11-15H2,1-4H3/t16-,18-,19-,24+/m1/s1. The Morgan fingerprint density at radius 3 is 2.58 bits per heavy atom. The van der Waals surface area contributed by atoms with Gasteiger partial charge in [0.2, 0.25) is 5.91 Å². The van der Waals surface area contributed by atoms with Gasteiger partial charge in [-0.3, -0.25) is 14.4 Å². The van der Waals surface area contributed by atoms with E-state index in [2.05, 4.69) is 13.8 Å². The minimum absolute atomic E-state index is 0.00229. The summed E-state index contributed by atoms with van der Waals surface area (Å²) < 4.78 is 4.74. The van der Waals surface area contributed by atoms with Gasteiger partial charge in [0.15, 0.2) is 0 Å². The molecule has 4 rings (SSSR count). The van der Waals surface area contributed by atoms with Crippen LogP contribution in [0.15, 0.2) is 30.3 Å². The van der Waals surface area contributed by atoms with E-state index in [1.54, 1.807) is 10.0 Å². The number of nitrogens with zero attached hydrogens (tertiary/aromatic N) is 2. The number of carbonyl (C=O) groups is 3. The van der Waals surface area contributed by atoms with Crippen LogP contribution in [0.25, 0.3) is 0 Å². The van der Waals surface area contributed by atoms with Gasteiger partial charge < -0.3 is 4.74 Å². The molecule has 1 aliphatic heterocycles. The number of methoxy groups -OCH3 is 1. The third kappa shape index (κ3) is 3.27. The minimum Gasteiger partial charge on any atom is -0.468 e. The Hall–Kier alpha value is -2.02. The van der Waals surface area contributed by atoms with Crippen molar-refractivity contribution >= 4 is 35.2 Å². The van der Waals surface area contributed by atoms with Gasteiger partial charge in [0.05, 0.1) is 30.0 Å². The van der Waals surface area contributed by atoms with Crippen LogP contribution >= 0.6 is 11.8 Å². The zero-order chi connectivity index (χ0) is 22.4. The fraction of sp³-hybridized carbons (Fsp3) is 0.625. The number of hydrogen-bond donors (Lipinski definition) is 0. The van der Waals surface area contributed by atoms with E-state index in [9.17, 15) is 14.4 Å². The molecular formula is C24H32N2O4S. The normalized spacial score (nSPS) is 29.2. The van der Waals surface area contributed by atoms with Gasteiger partial charge in [-0.05, 0) is 49.1 Å². The summed E-state index contributed by atoms with van der Waals surface area (Å²) in [5, 5.41) is 3.44. The maximum Gasteiger partial charge on any atom is 0.315 e. The van der Waals surface area contributed by atoms with Gasteiger partial charge >= 0.3 is 5.97 Å². The molecule has 1 saturated heterocycles. The van der Waals surface area contributed by atoms with Crippen LogP contribution in [0.1, 0.15) is 52.9 Å². The summed E-state index contributed by atoms with van der Waals surface area (Å²) in [6, 6.07) is 9.43. The van der Waals surface area contributed by atoms with Crippen molar-refractivity contribution in [2.24, 2.45) is 16.7 Å². The third-order valence-electron chi connectivity index (χ3n) is 8.00. The van der Waals surface area contributed by atoms with Gasteiger partial charge in [0.1, 0.15) is 0 Å². The smallest absolute Gasteiger partial charge is 0.315 e. The molecule has 31 heavy (non-hydrogen) atoms. The molecule has 168 valence electrons. The van der Waals surface area contributed by atoms with Crippen molar-refractivity contribution in [3.05, 3.63) is 30.3 Å². The number of thioether (sulfide) groups is 1. The van der Waals surface area contributed by atoms with Gasteiger partial charge in [-0.1, -0.05) is 39.0 Å². The second-order valence-electron chi connectivity index (χ2n) is 9.49. The number of esters is 1. The number of fused-ring (bicyclic) bond motifs is 1. The molecule has 2 aliphatic carbocycles. The van der Waals surface area contributed by atoms with E-state index in [1.165, 1.54) is 18.9 Å². The van der Waals surface area contributed by atoms with Crippen molar-refractivity contribution in [3.63, 3.8) is 0 Å². The zero-order valence-corrected chi connectivity index (χ0v) is 19.6. The number of hydrazine groups is 1. The highest BCUT2D eigenvalue weighted by atomic mass is 32.2. The molecule has 6 nitrogen and oxygen atoms in total. The van der Waals surface area contributed by atoms with Gasteiger partial charge in [-0.15, -0.1) is 11.8 Å². The molecule has 0 radical (unpaired) electrons. The Morgan fingerprint density at radius 2 is 1.97 bits per heavy atom. The molecule has 7 heteroatoms. The highest BCUT2D eigenvalue weighted by molar-refractivity contribution is 8.00. The number of carbonyl (C=O) groups excluding carboxylic acids is 3. The first kappa shape index (κ1) is 22.2. The summed E-state index contributed by atoms with van der Waals surface area (Å²) in [6.45, 7) is 6.44. The Bertz CT molecular complexity index is 874. The highest BCUT2D eigenvalue weighted by Gasteiger charge is 2.75. The predicted molar refractivity (Wildman–Crippen MR) is 121 cm³/mol. The molecule has 3 aliphatic rings. The van der Waals surface area contributed by atoms with Crippen LogP contribution in [0.4, 0.5) is 5.69 Å². The lowest BCUT2D eigenvalue weighted by Crippen LogP contribution is -2.48. The first-order valence-corrected chi connectivity index (χ1v) is 12.2. The van der Waals surface area contributed by atoms with E-state index < -0.39 is 5.41 Å². The quantitative estimate of drug-likeness (QED) is 0.594. The molecule has 2 saturated carbocycles. The van der Waals surface area contributed by atoms with Crippen molar-refractivity contribution in [2.45, 2.75) is 64.2 Å². The Balaban J connectivity index is 1.65. The number of ether oxygens (including phenoxy) is 1. The molecule has 1 aromatic carbocycles. The Kier molecular flexibility index (Phi) is 5.83. The van der Waals surface area contributed by atoms with Crippen LogP contribution in [0.5, 0.6) is 0 Å². The molecule has 2 amide bonds. The second kappa shape index (κ2) is 8.15. The van der Waals surface area contributed by atoms with Crippen molar-refractivity contribution < 1.29 is 19.1 Å². The number of anilines is 1. The Morgan fingerprint density at radius 1 is 1.26 bits per heavy atom. The van der Waals surface area contributed by atoms with E-state index in [0.717, 1.165) is 31.4 Å². The van der Waals surface area contributed by atoms with Crippen molar-refractivity contribution in [1.29, 1.82) is 0 Å². The van der Waals surface area contributed by atoms with Gasteiger partial charge in [0, 0.05) is 11.7 Å². The fourth-order valence-corrected chi connectivity index (χ4v) is 7.12. The van der Waals surface area contributed by atoms with Crippen molar-refractivity contribution in [1.82, 2.24) is 5.01 Å². The topological polar surface area (TPSA) is 66.9 Å². The van der Waals surface area contributed by atoms with Crippen molar-refractivity contribution in [3.8, 4) is 0 Å². The average Bonchev–Trinajstić information content (AvgIpc) is 3.29. The molecular weight excluding hydrogens is 412 g/mol. The lowest BCUT2D eigenvalue weighted by Gasteiger charge is -2.35. The highest BCUT2D eigenvalue weighted by Crippen LogP contribution is 2.70. The molecule has 1 spiro atoms. The summed E-state index contributed by atoms with van der Waals surface area (Å²) in [6.07, 6.45) is 3.83. The maximum absolute atomic E-state index is 14.0. The van der Waals surface area contributed by atoms with Gasteiger partial charge in [-0.2, -0.15) is 0 Å². The molecule has 4 atom stereocenters. The number of benzene rings is 1. The summed E-state index contributed by atoms with van der Waals surface area (Å²) in [4.78, 5) is 39.2. The van der Waals surface area contributed by atoms with Gasteiger partial charge in [0.25, 0.3) is 5.91 Å². The molecule has 0 N–H and O–H groups in total. The molecule has 0 unspecified atom stereocenters. The van der Waals surface area contributed by atoms with Gasteiger partial charge in [-0.25, -0.2) is 10.0 Å². The molecule has 3 fully saturated rings. The second-order valence-corrected chi connectivity index (χ2v) is 10.8. The fourth-order valence-electron chi connectivity index (χ4n) is 6.14. The minimum atomic E-state index is -0.510. The van der Waals surface area contributed by atoms with Crippen LogP contribution in [-0.2, 0) is 19.1 Å². The largest absolute Gasteiger partial charge is 0.468 e. The summed E-state index contributed by atoms with van der Waals surface area (Å²) >= 11 is 1.45. The lowest BCUT2D eigenvalue weighted by molar-refractivity contribution is -0.137. The van der Waals surface area contributed by atoms with Crippen LogP contribution in [0.2, 0.25) is 0 Å². The van der Waals surface area contributed by atoms with Crippen LogP contribution in [0.3, 0.4) is 0 Å². The first-order valence-electron chi connectivity index (χ1n) is 11.2. The van der Waals surface area contributed by atoms with E-state index in [-0.39, 0.29) is 40.2 Å². The monoisotopic (exact) mass is 444 g/mol. The zero-order valence-electron chi connectivity index (χ0n) is 18.8. The maximum atomic E-state index is 14.0. The van der Waals surface area contributed by atoms with Crippen molar-refractivity contribution in [2.75, 3.05) is 17.9 Å². The van der Waals surface area contributed by atoms with Crippen LogP contribution in [-0.4, -0.2) is 46.9 Å².